The van der Waals surface area contributed by atoms with Crippen LogP contribution in [0.1, 0.15) is 56.1 Å². The Labute approximate surface area is 111 Å². The molecular formula is C16H25NO. The van der Waals surface area contributed by atoms with E-state index >= 15 is 0 Å². The molecule has 1 aromatic carbocycles. The lowest BCUT2D eigenvalue weighted by atomic mass is 9.87. The van der Waals surface area contributed by atoms with Gasteiger partial charge in [-0.1, -0.05) is 26.0 Å². The average molecular weight is 247 g/mol. The maximum absolute atomic E-state index is 5.78. The fourth-order valence-corrected chi connectivity index (χ4v) is 2.73. The minimum Gasteiger partial charge on any atom is -0.496 e. The molecule has 0 saturated heterocycles. The van der Waals surface area contributed by atoms with Gasteiger partial charge in [0, 0.05) is 0 Å². The Morgan fingerprint density at radius 3 is 2.56 bits per heavy atom. The first-order valence-electron chi connectivity index (χ1n) is 7.05. The van der Waals surface area contributed by atoms with Crippen molar-refractivity contribution in [2.24, 2.45) is 11.7 Å². The van der Waals surface area contributed by atoms with E-state index in [9.17, 15) is 0 Å². The van der Waals surface area contributed by atoms with Crippen LogP contribution < -0.4 is 10.5 Å². The number of hydrogen-bond donors (Lipinski definition) is 1. The molecule has 0 spiro atoms. The normalized spacial score (nSPS) is 16.9. The molecule has 2 heteroatoms. The van der Waals surface area contributed by atoms with Crippen LogP contribution in [0.4, 0.5) is 0 Å². The third-order valence-corrected chi connectivity index (χ3v) is 3.99. The summed E-state index contributed by atoms with van der Waals surface area (Å²) in [5.41, 5.74) is 8.55. The molecule has 0 heterocycles. The zero-order valence-corrected chi connectivity index (χ0v) is 11.8. The number of methoxy groups -OCH3 is 1. The van der Waals surface area contributed by atoms with Crippen LogP contribution >= 0.6 is 0 Å². The fourth-order valence-electron chi connectivity index (χ4n) is 2.73. The maximum atomic E-state index is 5.78. The second-order valence-corrected chi connectivity index (χ2v) is 5.68. The Balaban J connectivity index is 2.34. The van der Waals surface area contributed by atoms with Crippen molar-refractivity contribution < 1.29 is 4.74 Å². The lowest BCUT2D eigenvalue weighted by Gasteiger charge is -2.21. The highest BCUT2D eigenvalue weighted by Crippen LogP contribution is 2.47. The smallest absolute Gasteiger partial charge is 0.122 e. The first kappa shape index (κ1) is 13.4. The van der Waals surface area contributed by atoms with Gasteiger partial charge in [-0.2, -0.15) is 0 Å². The SMILES string of the molecule is COc1ccc(C(C)C)cc1C(CCN)C1CC1. The summed E-state index contributed by atoms with van der Waals surface area (Å²) >= 11 is 0. The summed E-state index contributed by atoms with van der Waals surface area (Å²) in [6.45, 7) is 5.23. The highest BCUT2D eigenvalue weighted by Gasteiger charge is 2.33. The van der Waals surface area contributed by atoms with Crippen LogP contribution in [-0.4, -0.2) is 13.7 Å². The standard InChI is InChI=1S/C16H25NO/c1-11(2)13-6-7-16(18-3)15(10-13)14(8-9-17)12-4-5-12/h6-7,10-12,14H,4-5,8-9,17H2,1-3H3. The van der Waals surface area contributed by atoms with Crippen LogP contribution in [0.5, 0.6) is 5.75 Å². The maximum Gasteiger partial charge on any atom is 0.122 e. The van der Waals surface area contributed by atoms with Gasteiger partial charge in [0.2, 0.25) is 0 Å². The van der Waals surface area contributed by atoms with Crippen molar-refractivity contribution in [3.63, 3.8) is 0 Å². The second kappa shape index (κ2) is 5.75. The van der Waals surface area contributed by atoms with E-state index in [2.05, 4.69) is 32.0 Å². The molecule has 1 atom stereocenters. The van der Waals surface area contributed by atoms with Crippen molar-refractivity contribution in [2.75, 3.05) is 13.7 Å². The Morgan fingerprint density at radius 1 is 1.33 bits per heavy atom. The van der Waals surface area contributed by atoms with Gasteiger partial charge in [-0.15, -0.1) is 0 Å². The molecule has 1 unspecified atom stereocenters. The quantitative estimate of drug-likeness (QED) is 0.832. The zero-order chi connectivity index (χ0) is 13.1. The van der Waals surface area contributed by atoms with Gasteiger partial charge in [0.1, 0.15) is 5.75 Å². The van der Waals surface area contributed by atoms with Gasteiger partial charge in [-0.3, -0.25) is 0 Å². The molecule has 18 heavy (non-hydrogen) atoms. The van der Waals surface area contributed by atoms with Crippen LogP contribution in [0.3, 0.4) is 0 Å². The van der Waals surface area contributed by atoms with E-state index in [0.717, 1.165) is 24.6 Å². The summed E-state index contributed by atoms with van der Waals surface area (Å²) in [5, 5.41) is 0. The molecule has 2 nitrogen and oxygen atoms in total. The van der Waals surface area contributed by atoms with E-state index in [4.69, 9.17) is 10.5 Å². The van der Waals surface area contributed by atoms with Gasteiger partial charge >= 0.3 is 0 Å². The first-order chi connectivity index (χ1) is 8.67. The van der Waals surface area contributed by atoms with Crippen molar-refractivity contribution in [1.29, 1.82) is 0 Å². The van der Waals surface area contributed by atoms with Crippen LogP contribution in [0.25, 0.3) is 0 Å². The average Bonchev–Trinajstić information content (AvgIpc) is 3.19. The zero-order valence-electron chi connectivity index (χ0n) is 11.8. The topological polar surface area (TPSA) is 35.2 Å². The number of hydrogen-bond acceptors (Lipinski definition) is 2. The second-order valence-electron chi connectivity index (χ2n) is 5.68. The monoisotopic (exact) mass is 247 g/mol. The van der Waals surface area contributed by atoms with Crippen molar-refractivity contribution in [1.82, 2.24) is 0 Å². The van der Waals surface area contributed by atoms with Crippen LogP contribution in [-0.2, 0) is 0 Å². The van der Waals surface area contributed by atoms with Crippen molar-refractivity contribution >= 4 is 0 Å². The van der Waals surface area contributed by atoms with Gasteiger partial charge < -0.3 is 10.5 Å². The van der Waals surface area contributed by atoms with E-state index in [1.807, 2.05) is 0 Å². The number of ether oxygens (including phenoxy) is 1. The minimum atomic E-state index is 0.562. The Morgan fingerprint density at radius 2 is 2.06 bits per heavy atom. The fraction of sp³-hybridized carbons (Fsp3) is 0.625. The van der Waals surface area contributed by atoms with Gasteiger partial charge in [-0.05, 0) is 60.8 Å². The molecular weight excluding hydrogens is 222 g/mol. The predicted octanol–water partition coefficient (Wildman–Crippen LogP) is 3.66. The van der Waals surface area contributed by atoms with Crippen LogP contribution in [0.15, 0.2) is 18.2 Å². The lowest BCUT2D eigenvalue weighted by molar-refractivity contribution is 0.399. The van der Waals surface area contributed by atoms with E-state index in [1.54, 1.807) is 7.11 Å². The Bertz CT molecular complexity index is 396. The van der Waals surface area contributed by atoms with E-state index in [1.165, 1.54) is 24.0 Å². The number of rotatable bonds is 6. The summed E-state index contributed by atoms with van der Waals surface area (Å²) < 4.78 is 5.54. The molecule has 2 N–H and O–H groups in total. The molecule has 0 amide bonds. The molecule has 0 bridgehead atoms. The molecule has 1 aliphatic rings. The lowest BCUT2D eigenvalue weighted by Crippen LogP contribution is -2.11. The molecule has 2 rings (SSSR count). The molecule has 1 saturated carbocycles. The number of nitrogens with two attached hydrogens (primary N) is 1. The molecule has 0 radical (unpaired) electrons. The third kappa shape index (κ3) is 2.86. The largest absolute Gasteiger partial charge is 0.496 e. The van der Waals surface area contributed by atoms with Gasteiger partial charge in [0.05, 0.1) is 7.11 Å². The predicted molar refractivity (Wildman–Crippen MR) is 76.2 cm³/mol. The van der Waals surface area contributed by atoms with E-state index < -0.39 is 0 Å². The van der Waals surface area contributed by atoms with Gasteiger partial charge in [0.25, 0.3) is 0 Å². The summed E-state index contributed by atoms with van der Waals surface area (Å²) in [6.07, 6.45) is 3.77. The van der Waals surface area contributed by atoms with Crippen LogP contribution in [0.2, 0.25) is 0 Å². The highest BCUT2D eigenvalue weighted by atomic mass is 16.5. The molecule has 1 aromatic rings. The molecule has 0 aliphatic heterocycles. The molecule has 1 aliphatic carbocycles. The van der Waals surface area contributed by atoms with Crippen molar-refractivity contribution in [3.8, 4) is 5.75 Å². The van der Waals surface area contributed by atoms with Gasteiger partial charge in [0.15, 0.2) is 0 Å². The summed E-state index contributed by atoms with van der Waals surface area (Å²) in [7, 11) is 1.76. The molecule has 1 fully saturated rings. The van der Waals surface area contributed by atoms with Crippen LogP contribution in [0, 0.1) is 5.92 Å². The van der Waals surface area contributed by atoms with Crippen molar-refractivity contribution in [3.05, 3.63) is 29.3 Å². The van der Waals surface area contributed by atoms with Gasteiger partial charge in [-0.25, -0.2) is 0 Å². The summed E-state index contributed by atoms with van der Waals surface area (Å²) in [4.78, 5) is 0. The Hall–Kier alpha value is -1.02. The third-order valence-electron chi connectivity index (χ3n) is 3.99. The number of benzene rings is 1. The first-order valence-corrected chi connectivity index (χ1v) is 7.05. The van der Waals surface area contributed by atoms with Crippen molar-refractivity contribution in [2.45, 2.75) is 44.9 Å². The van der Waals surface area contributed by atoms with E-state index in [-0.39, 0.29) is 0 Å². The van der Waals surface area contributed by atoms with E-state index in [0.29, 0.717) is 11.8 Å². The minimum absolute atomic E-state index is 0.562. The molecule has 0 aromatic heterocycles. The summed E-state index contributed by atoms with van der Waals surface area (Å²) in [5.74, 6) is 3.01. The highest BCUT2D eigenvalue weighted by molar-refractivity contribution is 5.41. The Kier molecular flexibility index (Phi) is 4.28. The summed E-state index contributed by atoms with van der Waals surface area (Å²) in [6, 6.07) is 6.64. The molecule has 100 valence electrons.